The molecule has 0 spiro atoms. The number of imidazole rings is 1. The number of aromatic amines is 1. The predicted octanol–water partition coefficient (Wildman–Crippen LogP) is 2.51. The van der Waals surface area contributed by atoms with Gasteiger partial charge in [-0.25, -0.2) is 9.37 Å². The average Bonchev–Trinajstić information content (AvgIpc) is 2.96. The van der Waals surface area contributed by atoms with E-state index in [-0.39, 0.29) is 17.6 Å². The van der Waals surface area contributed by atoms with Crippen LogP contribution in [0.15, 0.2) is 24.3 Å². The number of halogens is 1. The number of hydrogen-bond acceptors (Lipinski definition) is 3. The van der Waals surface area contributed by atoms with Gasteiger partial charge in [-0.15, -0.1) is 0 Å². The van der Waals surface area contributed by atoms with Crippen molar-refractivity contribution >= 4 is 5.91 Å². The summed E-state index contributed by atoms with van der Waals surface area (Å²) >= 11 is 0. The van der Waals surface area contributed by atoms with Crippen molar-refractivity contribution in [3.05, 3.63) is 41.5 Å². The van der Waals surface area contributed by atoms with Crippen LogP contribution >= 0.6 is 0 Å². The molecule has 5 nitrogen and oxygen atoms in total. The molecule has 1 amide bonds. The number of nitrogens with zero attached hydrogens (tertiary/aromatic N) is 2. The Bertz CT molecular complexity index is 742. The number of aromatic nitrogens is 2. The summed E-state index contributed by atoms with van der Waals surface area (Å²) in [5.74, 6) is 0.319. The standard InChI is InChI=1S/C18H22FN3O2/c1-11(2)8-16(23)18(24)22-7-6-14-15(10-22)21-17(20-14)12-4-3-5-13(19)9-12/h3-5,9,11,16,23H,6-8,10H2,1-2H3,(H,20,21)/t16-/m0/s1. The second-order valence-corrected chi connectivity index (χ2v) is 6.68. The average molecular weight is 331 g/mol. The molecule has 1 aliphatic rings. The fourth-order valence-corrected chi connectivity index (χ4v) is 3.01. The Morgan fingerprint density at radius 1 is 1.46 bits per heavy atom. The van der Waals surface area contributed by atoms with Gasteiger partial charge < -0.3 is 15.0 Å². The number of carbonyl (C=O) groups excluding carboxylic acids is 1. The molecule has 0 unspecified atom stereocenters. The van der Waals surface area contributed by atoms with Crippen molar-refractivity contribution in [1.29, 1.82) is 0 Å². The van der Waals surface area contributed by atoms with Gasteiger partial charge >= 0.3 is 0 Å². The van der Waals surface area contributed by atoms with E-state index in [1.807, 2.05) is 13.8 Å². The second kappa shape index (κ2) is 6.73. The minimum absolute atomic E-state index is 0.240. The van der Waals surface area contributed by atoms with E-state index in [1.165, 1.54) is 12.1 Å². The molecule has 1 aromatic carbocycles. The van der Waals surface area contributed by atoms with E-state index in [0.717, 1.165) is 11.4 Å². The highest BCUT2D eigenvalue weighted by Crippen LogP contribution is 2.24. The number of aliphatic hydroxyl groups excluding tert-OH is 1. The molecule has 0 radical (unpaired) electrons. The van der Waals surface area contributed by atoms with Gasteiger partial charge in [-0.1, -0.05) is 26.0 Å². The molecular formula is C18H22FN3O2. The van der Waals surface area contributed by atoms with Gasteiger partial charge in [0.05, 0.1) is 17.9 Å². The molecule has 2 heterocycles. The molecule has 0 saturated carbocycles. The molecule has 2 aromatic rings. The van der Waals surface area contributed by atoms with E-state index in [4.69, 9.17) is 0 Å². The van der Waals surface area contributed by atoms with Crippen molar-refractivity contribution in [2.24, 2.45) is 5.92 Å². The molecule has 3 rings (SSSR count). The van der Waals surface area contributed by atoms with E-state index >= 15 is 0 Å². The quantitative estimate of drug-likeness (QED) is 0.904. The Hall–Kier alpha value is -2.21. The largest absolute Gasteiger partial charge is 0.383 e. The predicted molar refractivity (Wildman–Crippen MR) is 88.6 cm³/mol. The first-order valence-electron chi connectivity index (χ1n) is 8.24. The number of amides is 1. The molecule has 24 heavy (non-hydrogen) atoms. The maximum atomic E-state index is 13.4. The Labute approximate surface area is 140 Å². The van der Waals surface area contributed by atoms with Gasteiger partial charge in [0.1, 0.15) is 17.7 Å². The Morgan fingerprint density at radius 2 is 2.25 bits per heavy atom. The van der Waals surface area contributed by atoms with E-state index in [0.29, 0.717) is 37.3 Å². The zero-order chi connectivity index (χ0) is 17.3. The summed E-state index contributed by atoms with van der Waals surface area (Å²) in [6.07, 6.45) is 0.123. The highest BCUT2D eigenvalue weighted by molar-refractivity contribution is 5.80. The molecule has 1 atom stereocenters. The van der Waals surface area contributed by atoms with Crippen molar-refractivity contribution in [2.75, 3.05) is 6.54 Å². The van der Waals surface area contributed by atoms with E-state index in [2.05, 4.69) is 9.97 Å². The van der Waals surface area contributed by atoms with Crippen LogP contribution in [0.5, 0.6) is 0 Å². The molecule has 128 valence electrons. The molecule has 0 fully saturated rings. The zero-order valence-corrected chi connectivity index (χ0v) is 13.9. The summed E-state index contributed by atoms with van der Waals surface area (Å²) in [4.78, 5) is 21.7. The summed E-state index contributed by atoms with van der Waals surface area (Å²) in [6.45, 7) is 4.88. The molecule has 1 aromatic heterocycles. The minimum Gasteiger partial charge on any atom is -0.383 e. The number of H-pyrrole nitrogens is 1. The first kappa shape index (κ1) is 16.6. The number of benzene rings is 1. The topological polar surface area (TPSA) is 69.2 Å². The summed E-state index contributed by atoms with van der Waals surface area (Å²) in [7, 11) is 0. The van der Waals surface area contributed by atoms with E-state index in [9.17, 15) is 14.3 Å². The van der Waals surface area contributed by atoms with Crippen molar-refractivity contribution in [2.45, 2.75) is 39.3 Å². The van der Waals surface area contributed by atoms with Gasteiger partial charge in [0.2, 0.25) is 0 Å². The highest BCUT2D eigenvalue weighted by Gasteiger charge is 2.28. The molecule has 0 bridgehead atoms. The van der Waals surface area contributed by atoms with Crippen LogP contribution in [0.3, 0.4) is 0 Å². The summed E-state index contributed by atoms with van der Waals surface area (Å²) in [5.41, 5.74) is 2.43. The number of fused-ring (bicyclic) bond motifs is 1. The fourth-order valence-electron chi connectivity index (χ4n) is 3.01. The number of hydrogen-bond donors (Lipinski definition) is 2. The van der Waals surface area contributed by atoms with E-state index < -0.39 is 6.10 Å². The lowest BCUT2D eigenvalue weighted by molar-refractivity contribution is -0.142. The molecule has 2 N–H and O–H groups in total. The van der Waals surface area contributed by atoms with E-state index in [1.54, 1.807) is 17.0 Å². The smallest absolute Gasteiger partial charge is 0.251 e. The number of carbonyl (C=O) groups is 1. The first-order valence-corrected chi connectivity index (χ1v) is 8.24. The molecule has 0 aliphatic carbocycles. The lowest BCUT2D eigenvalue weighted by Crippen LogP contribution is -2.42. The normalized spacial score (nSPS) is 15.5. The van der Waals surface area contributed by atoms with Crippen molar-refractivity contribution in [3.63, 3.8) is 0 Å². The van der Waals surface area contributed by atoms with Gasteiger partial charge in [-0.05, 0) is 24.5 Å². The SMILES string of the molecule is CC(C)C[C@H](O)C(=O)N1CCc2nc(-c3cccc(F)c3)[nH]c2C1. The van der Waals surface area contributed by atoms with Crippen LogP contribution in [0.25, 0.3) is 11.4 Å². The first-order chi connectivity index (χ1) is 11.4. The summed E-state index contributed by atoms with van der Waals surface area (Å²) < 4.78 is 13.4. The molecule has 1 aliphatic heterocycles. The maximum Gasteiger partial charge on any atom is 0.251 e. The maximum absolute atomic E-state index is 13.4. The van der Waals surface area contributed by atoms with Crippen molar-refractivity contribution in [1.82, 2.24) is 14.9 Å². The monoisotopic (exact) mass is 331 g/mol. The number of nitrogens with one attached hydrogen (secondary N) is 1. The van der Waals surface area contributed by atoms with Crippen LogP contribution in [0.1, 0.15) is 31.7 Å². The molecular weight excluding hydrogens is 309 g/mol. The Morgan fingerprint density at radius 3 is 2.96 bits per heavy atom. The third-order valence-corrected chi connectivity index (χ3v) is 4.22. The van der Waals surface area contributed by atoms with Gasteiger partial charge in [-0.2, -0.15) is 0 Å². The van der Waals surface area contributed by atoms with Crippen molar-refractivity contribution in [3.8, 4) is 11.4 Å². The molecule has 0 saturated heterocycles. The Balaban J connectivity index is 1.76. The third-order valence-electron chi connectivity index (χ3n) is 4.22. The fraction of sp³-hybridized carbons (Fsp3) is 0.444. The van der Waals surface area contributed by atoms with Gasteiger partial charge in [0, 0.05) is 18.5 Å². The lowest BCUT2D eigenvalue weighted by atomic mass is 10.0. The summed E-state index contributed by atoms with van der Waals surface area (Å²) in [6, 6.07) is 6.26. The van der Waals surface area contributed by atoms with Gasteiger partial charge in [-0.3, -0.25) is 4.79 Å². The van der Waals surface area contributed by atoms with Crippen LogP contribution < -0.4 is 0 Å². The Kier molecular flexibility index (Phi) is 4.66. The lowest BCUT2D eigenvalue weighted by Gasteiger charge is -2.28. The van der Waals surface area contributed by atoms with Crippen LogP contribution in [0, 0.1) is 11.7 Å². The third kappa shape index (κ3) is 3.48. The van der Waals surface area contributed by atoms with Gasteiger partial charge in [0.25, 0.3) is 5.91 Å². The zero-order valence-electron chi connectivity index (χ0n) is 13.9. The number of rotatable bonds is 4. The number of aliphatic hydroxyl groups is 1. The van der Waals surface area contributed by atoms with Crippen LogP contribution in [0.4, 0.5) is 4.39 Å². The second-order valence-electron chi connectivity index (χ2n) is 6.68. The highest BCUT2D eigenvalue weighted by atomic mass is 19.1. The van der Waals surface area contributed by atoms with Crippen LogP contribution in [0.2, 0.25) is 0 Å². The van der Waals surface area contributed by atoms with Crippen molar-refractivity contribution < 1.29 is 14.3 Å². The molecule has 6 heteroatoms. The van der Waals surface area contributed by atoms with Gasteiger partial charge in [0.15, 0.2) is 0 Å². The minimum atomic E-state index is -0.961. The summed E-state index contributed by atoms with van der Waals surface area (Å²) in [5, 5.41) is 10.0. The van der Waals surface area contributed by atoms with Crippen LogP contribution in [-0.4, -0.2) is 38.5 Å². The van der Waals surface area contributed by atoms with Crippen LogP contribution in [-0.2, 0) is 17.8 Å².